The summed E-state index contributed by atoms with van der Waals surface area (Å²) in [6.07, 6.45) is 10.1. The van der Waals surface area contributed by atoms with Crippen molar-refractivity contribution in [2.75, 3.05) is 63.5 Å². The zero-order valence-corrected chi connectivity index (χ0v) is 22.9. The highest BCUT2D eigenvalue weighted by atomic mass is 35.5. The maximum atomic E-state index is 11.3. The van der Waals surface area contributed by atoms with Gasteiger partial charge in [0.15, 0.2) is 11.5 Å². The summed E-state index contributed by atoms with van der Waals surface area (Å²) in [6.45, 7) is 4.43. The minimum absolute atomic E-state index is 0.0266. The average molecular weight is 533 g/mol. The van der Waals surface area contributed by atoms with Crippen LogP contribution in [0.2, 0.25) is 0 Å². The monoisotopic (exact) mass is 532 g/mol. The molecule has 0 bridgehead atoms. The van der Waals surface area contributed by atoms with Crippen LogP contribution in [0.5, 0.6) is 11.5 Å². The normalized spacial score (nSPS) is 17.5. The molecule has 0 atom stereocenters. The van der Waals surface area contributed by atoms with Crippen molar-refractivity contribution >= 4 is 40.2 Å². The Kier molecular flexibility index (Phi) is 10.3. The number of rotatable bonds is 12. The SMILES string of the molecule is COc1cc2nc(NCCCNC(=O)CCl)nc(NCC3CCN(C4CCCCC4)CC3)c2cc1OC. The summed E-state index contributed by atoms with van der Waals surface area (Å²) in [5.41, 5.74) is 0.778. The number of anilines is 2. The molecule has 1 amide bonds. The van der Waals surface area contributed by atoms with Crippen LogP contribution in [0.3, 0.4) is 0 Å². The molecule has 2 aromatic rings. The van der Waals surface area contributed by atoms with Crippen molar-refractivity contribution in [1.29, 1.82) is 0 Å². The van der Waals surface area contributed by atoms with Crippen molar-refractivity contribution < 1.29 is 14.3 Å². The van der Waals surface area contributed by atoms with Gasteiger partial charge in [-0.25, -0.2) is 4.98 Å². The Morgan fingerprint density at radius 2 is 1.73 bits per heavy atom. The Labute approximate surface area is 225 Å². The van der Waals surface area contributed by atoms with Gasteiger partial charge in [0.25, 0.3) is 0 Å². The predicted octanol–water partition coefficient (Wildman–Crippen LogP) is 4.26. The highest BCUT2D eigenvalue weighted by molar-refractivity contribution is 6.27. The second-order valence-electron chi connectivity index (χ2n) is 10.0. The summed E-state index contributed by atoms with van der Waals surface area (Å²) in [5, 5.41) is 10.6. The van der Waals surface area contributed by atoms with E-state index in [9.17, 15) is 4.79 Å². The second kappa shape index (κ2) is 13.9. The van der Waals surface area contributed by atoms with E-state index in [2.05, 4.69) is 20.9 Å². The summed E-state index contributed by atoms with van der Waals surface area (Å²) in [5.74, 6) is 3.04. The third-order valence-electron chi connectivity index (χ3n) is 7.58. The van der Waals surface area contributed by atoms with Gasteiger partial charge in [0.2, 0.25) is 11.9 Å². The number of hydrogen-bond donors (Lipinski definition) is 3. The van der Waals surface area contributed by atoms with Gasteiger partial charge < -0.3 is 30.3 Å². The molecule has 1 aromatic carbocycles. The smallest absolute Gasteiger partial charge is 0.234 e. The van der Waals surface area contributed by atoms with Gasteiger partial charge in [-0.1, -0.05) is 19.3 Å². The number of nitrogens with zero attached hydrogens (tertiary/aromatic N) is 3. The molecule has 0 radical (unpaired) electrons. The molecule has 1 aliphatic carbocycles. The molecule has 1 saturated carbocycles. The van der Waals surface area contributed by atoms with Crippen LogP contribution in [0.25, 0.3) is 10.9 Å². The average Bonchev–Trinajstić information content (AvgIpc) is 2.95. The first-order chi connectivity index (χ1) is 18.1. The van der Waals surface area contributed by atoms with Crippen LogP contribution in [0.15, 0.2) is 12.1 Å². The van der Waals surface area contributed by atoms with E-state index in [0.717, 1.165) is 35.7 Å². The summed E-state index contributed by atoms with van der Waals surface area (Å²) >= 11 is 5.53. The van der Waals surface area contributed by atoms with Gasteiger partial charge in [0.05, 0.1) is 19.7 Å². The first-order valence-electron chi connectivity index (χ1n) is 13.6. The van der Waals surface area contributed by atoms with Gasteiger partial charge in [0, 0.05) is 37.1 Å². The highest BCUT2D eigenvalue weighted by Gasteiger charge is 2.26. The molecule has 0 unspecified atom stereocenters. The largest absolute Gasteiger partial charge is 0.493 e. The Morgan fingerprint density at radius 1 is 1.00 bits per heavy atom. The third kappa shape index (κ3) is 7.51. The van der Waals surface area contributed by atoms with Crippen LogP contribution in [0.4, 0.5) is 11.8 Å². The number of likely N-dealkylation sites (tertiary alicyclic amines) is 1. The van der Waals surface area contributed by atoms with Gasteiger partial charge >= 0.3 is 0 Å². The number of hydrogen-bond acceptors (Lipinski definition) is 8. The van der Waals surface area contributed by atoms with Crippen molar-refractivity contribution in [3.63, 3.8) is 0 Å². The van der Waals surface area contributed by atoms with Crippen molar-refractivity contribution in [2.24, 2.45) is 5.92 Å². The summed E-state index contributed by atoms with van der Waals surface area (Å²) in [4.78, 5) is 23.6. The van der Waals surface area contributed by atoms with Gasteiger partial charge in [0.1, 0.15) is 11.7 Å². The van der Waals surface area contributed by atoms with Gasteiger partial charge in [-0.05, 0) is 57.2 Å². The van der Waals surface area contributed by atoms with Crippen LogP contribution in [-0.4, -0.2) is 79.6 Å². The molecule has 37 heavy (non-hydrogen) atoms. The molecule has 1 aromatic heterocycles. The van der Waals surface area contributed by atoms with Crippen LogP contribution < -0.4 is 25.4 Å². The Morgan fingerprint density at radius 3 is 2.43 bits per heavy atom. The van der Waals surface area contributed by atoms with E-state index in [-0.39, 0.29) is 11.8 Å². The minimum Gasteiger partial charge on any atom is -0.493 e. The maximum absolute atomic E-state index is 11.3. The lowest BCUT2D eigenvalue weighted by atomic mass is 9.90. The fraction of sp³-hybridized carbons (Fsp3) is 0.667. The van der Waals surface area contributed by atoms with E-state index in [0.29, 0.717) is 36.5 Å². The lowest BCUT2D eigenvalue weighted by Crippen LogP contribution is -2.43. The number of benzene rings is 1. The first kappa shape index (κ1) is 27.5. The maximum Gasteiger partial charge on any atom is 0.234 e. The molecule has 0 spiro atoms. The number of carbonyl (C=O) groups excluding carboxylic acids is 1. The molecule has 4 rings (SSSR count). The summed E-state index contributed by atoms with van der Waals surface area (Å²) < 4.78 is 11.0. The lowest BCUT2D eigenvalue weighted by Gasteiger charge is -2.39. The molecule has 1 saturated heterocycles. The number of amides is 1. The molecule has 2 aliphatic rings. The number of nitrogens with one attached hydrogen (secondary N) is 3. The molecule has 2 heterocycles. The van der Waals surface area contributed by atoms with E-state index < -0.39 is 0 Å². The van der Waals surface area contributed by atoms with Crippen molar-refractivity contribution in [2.45, 2.75) is 57.4 Å². The van der Waals surface area contributed by atoms with E-state index in [4.69, 9.17) is 31.0 Å². The molecule has 204 valence electrons. The molecular weight excluding hydrogens is 492 g/mol. The Hall–Kier alpha value is -2.52. The van der Waals surface area contributed by atoms with Crippen molar-refractivity contribution in [3.8, 4) is 11.5 Å². The fourth-order valence-corrected chi connectivity index (χ4v) is 5.54. The van der Waals surface area contributed by atoms with Crippen LogP contribution in [0, 0.1) is 5.92 Å². The highest BCUT2D eigenvalue weighted by Crippen LogP contribution is 2.35. The Bertz CT molecular complexity index is 1020. The quantitative estimate of drug-likeness (QED) is 0.275. The zero-order chi connectivity index (χ0) is 26.0. The number of carbonyl (C=O) groups is 1. The van der Waals surface area contributed by atoms with Crippen LogP contribution in [-0.2, 0) is 4.79 Å². The molecule has 1 aliphatic heterocycles. The van der Waals surface area contributed by atoms with Crippen molar-refractivity contribution in [3.05, 3.63) is 12.1 Å². The summed E-state index contributed by atoms with van der Waals surface area (Å²) in [7, 11) is 3.26. The van der Waals surface area contributed by atoms with E-state index >= 15 is 0 Å². The van der Waals surface area contributed by atoms with Gasteiger partial charge in [-0.2, -0.15) is 4.98 Å². The topological polar surface area (TPSA) is 101 Å². The number of halogens is 1. The van der Waals surface area contributed by atoms with Gasteiger partial charge in [-0.15, -0.1) is 11.6 Å². The number of piperidine rings is 1. The van der Waals surface area contributed by atoms with Crippen LogP contribution >= 0.6 is 11.6 Å². The number of fused-ring (bicyclic) bond motifs is 1. The molecular formula is C27H41ClN6O3. The van der Waals surface area contributed by atoms with Crippen LogP contribution in [0.1, 0.15) is 51.4 Å². The van der Waals surface area contributed by atoms with E-state index in [1.807, 2.05) is 12.1 Å². The van der Waals surface area contributed by atoms with E-state index in [1.165, 1.54) is 58.0 Å². The molecule has 2 fully saturated rings. The minimum atomic E-state index is -0.166. The second-order valence-corrected chi connectivity index (χ2v) is 10.3. The summed E-state index contributed by atoms with van der Waals surface area (Å²) in [6, 6.07) is 4.62. The predicted molar refractivity (Wildman–Crippen MR) is 149 cm³/mol. The third-order valence-corrected chi connectivity index (χ3v) is 7.82. The molecule has 9 nitrogen and oxygen atoms in total. The number of aromatic nitrogens is 2. The number of ether oxygens (including phenoxy) is 2. The first-order valence-corrected chi connectivity index (χ1v) is 14.1. The standard InChI is InChI=1S/C27H41ClN6O3/c1-36-23-15-21-22(16-24(23)37-2)32-27(30-12-6-11-29-25(35)17-28)33-26(21)31-18-19-9-13-34(14-10-19)20-7-4-3-5-8-20/h15-16,19-20H,3-14,17-18H2,1-2H3,(H,29,35)(H2,30,31,32,33). The molecule has 3 N–H and O–H groups in total. The van der Waals surface area contributed by atoms with E-state index in [1.54, 1.807) is 14.2 Å². The van der Waals surface area contributed by atoms with Crippen molar-refractivity contribution in [1.82, 2.24) is 20.2 Å². The molecule has 10 heteroatoms. The number of alkyl halides is 1. The zero-order valence-electron chi connectivity index (χ0n) is 22.2. The lowest BCUT2D eigenvalue weighted by molar-refractivity contribution is -0.118. The Balaban J connectivity index is 1.41. The number of methoxy groups -OCH3 is 2. The van der Waals surface area contributed by atoms with Gasteiger partial charge in [-0.3, -0.25) is 4.79 Å². The fourth-order valence-electron chi connectivity index (χ4n) is 5.44.